The number of ether oxygens (including phenoxy) is 1. The lowest BCUT2D eigenvalue weighted by molar-refractivity contribution is -0.902. The van der Waals surface area contributed by atoms with E-state index in [0.717, 1.165) is 42.6 Å². The third-order valence-electron chi connectivity index (χ3n) is 5.49. The lowest BCUT2D eigenvalue weighted by atomic mass is 10.2. The number of aryl methyl sites for hydroxylation is 1. The van der Waals surface area contributed by atoms with Gasteiger partial charge in [0.25, 0.3) is 5.91 Å². The number of rotatable bonds is 13. The number of thiophene rings is 1. The fraction of sp³-hybridized carbons (Fsp3) is 0.370. The molecule has 0 aliphatic carbocycles. The second kappa shape index (κ2) is 12.4. The van der Waals surface area contributed by atoms with E-state index in [1.54, 1.807) is 0 Å². The van der Waals surface area contributed by atoms with Gasteiger partial charge < -0.3 is 14.5 Å². The van der Waals surface area contributed by atoms with Gasteiger partial charge in [-0.1, -0.05) is 36.4 Å². The summed E-state index contributed by atoms with van der Waals surface area (Å²) in [5.41, 5.74) is 1.98. The molecule has 0 aliphatic rings. The number of likely N-dealkylation sites (N-methyl/N-ethyl adjacent to an activating group) is 1. The van der Waals surface area contributed by atoms with Crippen molar-refractivity contribution >= 4 is 17.2 Å². The van der Waals surface area contributed by atoms with E-state index >= 15 is 0 Å². The van der Waals surface area contributed by atoms with Crippen LogP contribution in [-0.2, 0) is 13.0 Å². The second-order valence-electron chi connectivity index (χ2n) is 8.82. The Morgan fingerprint density at radius 2 is 1.72 bits per heavy atom. The van der Waals surface area contributed by atoms with Gasteiger partial charge in [0.1, 0.15) is 12.3 Å². The Morgan fingerprint density at radius 3 is 2.44 bits per heavy atom. The van der Waals surface area contributed by atoms with Gasteiger partial charge >= 0.3 is 0 Å². The summed E-state index contributed by atoms with van der Waals surface area (Å²) in [5.74, 6) is 0.783. The van der Waals surface area contributed by atoms with Gasteiger partial charge in [0.2, 0.25) is 0 Å². The molecule has 2 aromatic carbocycles. The average molecular weight is 452 g/mol. The molecule has 0 saturated heterocycles. The quantitative estimate of drug-likeness (QED) is 0.273. The van der Waals surface area contributed by atoms with E-state index in [4.69, 9.17) is 4.74 Å². The summed E-state index contributed by atoms with van der Waals surface area (Å²) < 4.78 is 6.65. The molecule has 1 amide bonds. The van der Waals surface area contributed by atoms with Gasteiger partial charge in [0.15, 0.2) is 0 Å². The van der Waals surface area contributed by atoms with Crippen molar-refractivity contribution in [1.29, 1.82) is 0 Å². The molecule has 32 heavy (non-hydrogen) atoms. The Kier molecular flexibility index (Phi) is 9.32. The van der Waals surface area contributed by atoms with Crippen LogP contribution in [0.5, 0.6) is 5.75 Å². The first-order valence-corrected chi connectivity index (χ1v) is 12.3. The Balaban J connectivity index is 1.31. The predicted octanol–water partition coefficient (Wildman–Crippen LogP) is 5.55. The number of nitrogens with zero attached hydrogens (tertiary/aromatic N) is 1. The van der Waals surface area contributed by atoms with E-state index in [9.17, 15) is 4.79 Å². The Morgan fingerprint density at radius 1 is 0.938 bits per heavy atom. The van der Waals surface area contributed by atoms with Crippen molar-refractivity contribution in [2.24, 2.45) is 0 Å². The molecule has 3 aromatic rings. The molecule has 1 N–H and O–H groups in total. The molecule has 3 rings (SSSR count). The van der Waals surface area contributed by atoms with Crippen LogP contribution in [0.2, 0.25) is 0 Å². The van der Waals surface area contributed by atoms with E-state index in [1.807, 2.05) is 41.7 Å². The van der Waals surface area contributed by atoms with Crippen LogP contribution in [0.25, 0.3) is 0 Å². The zero-order chi connectivity index (χ0) is 22.7. The van der Waals surface area contributed by atoms with Gasteiger partial charge in [-0.05, 0) is 61.4 Å². The maximum atomic E-state index is 12.5. The number of nitrogens with one attached hydrogen (secondary N) is 1. The first-order valence-electron chi connectivity index (χ1n) is 11.4. The number of benzene rings is 2. The van der Waals surface area contributed by atoms with Crippen molar-refractivity contribution < 1.29 is 14.0 Å². The van der Waals surface area contributed by atoms with E-state index in [2.05, 4.69) is 61.2 Å². The molecule has 4 nitrogen and oxygen atoms in total. The fourth-order valence-electron chi connectivity index (χ4n) is 3.66. The lowest BCUT2D eigenvalue weighted by Crippen LogP contribution is -2.44. The van der Waals surface area contributed by atoms with Gasteiger partial charge in [0.05, 0.1) is 33.8 Å². The maximum Gasteiger partial charge on any atom is 0.251 e. The van der Waals surface area contributed by atoms with Crippen molar-refractivity contribution in [3.63, 3.8) is 0 Å². The molecule has 0 aliphatic heterocycles. The van der Waals surface area contributed by atoms with Gasteiger partial charge in [-0.15, -0.1) is 11.3 Å². The molecule has 1 heterocycles. The van der Waals surface area contributed by atoms with Crippen molar-refractivity contribution in [1.82, 2.24) is 5.32 Å². The first kappa shape index (κ1) is 24.0. The smallest absolute Gasteiger partial charge is 0.251 e. The lowest BCUT2D eigenvalue weighted by Gasteiger charge is -2.30. The largest absolute Gasteiger partial charge is 0.494 e. The van der Waals surface area contributed by atoms with Crippen molar-refractivity contribution in [2.45, 2.75) is 32.2 Å². The summed E-state index contributed by atoms with van der Waals surface area (Å²) in [7, 11) is 4.38. The van der Waals surface area contributed by atoms with Gasteiger partial charge in [0, 0.05) is 16.0 Å². The average Bonchev–Trinajstić information content (AvgIpc) is 3.30. The summed E-state index contributed by atoms with van der Waals surface area (Å²) >= 11 is 1.83. The minimum atomic E-state index is -0.0372. The van der Waals surface area contributed by atoms with Crippen molar-refractivity contribution in [3.05, 3.63) is 88.1 Å². The topological polar surface area (TPSA) is 38.3 Å². The Bertz CT molecular complexity index is 922. The molecule has 170 valence electrons. The molecule has 0 bridgehead atoms. The van der Waals surface area contributed by atoms with Crippen LogP contribution < -0.4 is 10.1 Å². The van der Waals surface area contributed by atoms with Crippen molar-refractivity contribution in [3.8, 4) is 5.75 Å². The van der Waals surface area contributed by atoms with Crippen LogP contribution >= 0.6 is 11.3 Å². The number of hydrogen-bond acceptors (Lipinski definition) is 3. The number of amides is 1. The van der Waals surface area contributed by atoms with Crippen molar-refractivity contribution in [2.75, 3.05) is 33.8 Å². The molecular formula is C27H35N2O2S+. The van der Waals surface area contributed by atoms with Crippen LogP contribution in [0, 0.1) is 0 Å². The van der Waals surface area contributed by atoms with Crippen LogP contribution in [-0.4, -0.2) is 44.2 Å². The molecule has 0 fully saturated rings. The molecule has 0 radical (unpaired) electrons. The molecular weight excluding hydrogens is 416 g/mol. The van der Waals surface area contributed by atoms with Crippen LogP contribution in [0.3, 0.4) is 0 Å². The van der Waals surface area contributed by atoms with Gasteiger partial charge in [-0.25, -0.2) is 0 Å². The molecule has 0 saturated carbocycles. The highest BCUT2D eigenvalue weighted by Gasteiger charge is 2.16. The number of hydrogen-bond donors (Lipinski definition) is 1. The molecule has 1 aromatic heterocycles. The van der Waals surface area contributed by atoms with Crippen LogP contribution in [0.1, 0.15) is 40.1 Å². The normalized spacial score (nSPS) is 11.3. The number of carbonyl (C=O) groups is 1. The SMILES string of the molecule is C[N+](C)(CCNC(=O)c1ccc(OCCCCCc2cccs2)cc1)Cc1ccccc1. The summed E-state index contributed by atoms with van der Waals surface area (Å²) in [6.07, 6.45) is 4.57. The van der Waals surface area contributed by atoms with Gasteiger partial charge in [-0.3, -0.25) is 4.79 Å². The monoisotopic (exact) mass is 451 g/mol. The number of unbranched alkanes of at least 4 members (excludes halogenated alkanes) is 2. The zero-order valence-electron chi connectivity index (χ0n) is 19.3. The van der Waals surface area contributed by atoms with Crippen LogP contribution in [0.4, 0.5) is 0 Å². The maximum absolute atomic E-state index is 12.5. The highest BCUT2D eigenvalue weighted by molar-refractivity contribution is 7.09. The third kappa shape index (κ3) is 8.48. The standard InChI is InChI=1S/C27H34N2O2S/c1-29(2,22-23-10-5-3-6-11-23)19-18-28-27(30)24-14-16-25(17-15-24)31-20-8-4-7-12-26-13-9-21-32-26/h3,5-6,9-11,13-17,21H,4,7-8,12,18-20,22H2,1-2H3/p+1. The molecule has 5 heteroatoms. The van der Waals surface area contributed by atoms with Crippen LogP contribution in [0.15, 0.2) is 72.1 Å². The summed E-state index contributed by atoms with van der Waals surface area (Å²) in [6.45, 7) is 3.16. The van der Waals surface area contributed by atoms with E-state index in [1.165, 1.54) is 16.9 Å². The minimum Gasteiger partial charge on any atom is -0.494 e. The van der Waals surface area contributed by atoms with E-state index in [0.29, 0.717) is 18.7 Å². The number of carbonyl (C=O) groups excluding carboxylic acids is 1. The Hall–Kier alpha value is -2.63. The Labute approximate surface area is 196 Å². The number of quaternary nitrogens is 1. The van der Waals surface area contributed by atoms with Gasteiger partial charge in [-0.2, -0.15) is 0 Å². The van der Waals surface area contributed by atoms with E-state index < -0.39 is 0 Å². The predicted molar refractivity (Wildman–Crippen MR) is 133 cm³/mol. The second-order valence-corrected chi connectivity index (χ2v) is 9.85. The fourth-order valence-corrected chi connectivity index (χ4v) is 4.41. The first-order chi connectivity index (χ1) is 15.5. The molecule has 0 spiro atoms. The third-order valence-corrected chi connectivity index (χ3v) is 6.43. The summed E-state index contributed by atoms with van der Waals surface area (Å²) in [5, 5.41) is 5.18. The van der Waals surface area contributed by atoms with E-state index in [-0.39, 0.29) is 5.91 Å². The highest BCUT2D eigenvalue weighted by Crippen LogP contribution is 2.15. The molecule has 0 atom stereocenters. The summed E-state index contributed by atoms with van der Waals surface area (Å²) in [6, 6.07) is 22.2. The zero-order valence-corrected chi connectivity index (χ0v) is 20.1. The molecule has 0 unspecified atom stereocenters. The summed E-state index contributed by atoms with van der Waals surface area (Å²) in [4.78, 5) is 13.9. The minimum absolute atomic E-state index is 0.0372. The highest BCUT2D eigenvalue weighted by atomic mass is 32.1.